The van der Waals surface area contributed by atoms with Gasteiger partial charge in [-0.1, -0.05) is 0 Å². The Hall–Kier alpha value is 2.59. The van der Waals surface area contributed by atoms with Crippen LogP contribution >= 0.6 is 0 Å². The maximum Gasteiger partial charge on any atom is 4.00 e. The van der Waals surface area contributed by atoms with Crippen LogP contribution in [0.3, 0.4) is 0 Å². The molecule has 0 amide bonds. The van der Waals surface area contributed by atoms with Gasteiger partial charge < -0.3 is 27.4 Å². The molecule has 8 heteroatoms. The van der Waals surface area contributed by atoms with E-state index in [2.05, 4.69) is 0 Å². The maximum absolute atomic E-state index is 0. The Morgan fingerprint density at radius 2 is 0.375 bits per heavy atom. The van der Waals surface area contributed by atoms with Crippen LogP contribution < -0.4 is 0 Å². The summed E-state index contributed by atoms with van der Waals surface area (Å²) >= 11 is 0. The Labute approximate surface area is 113 Å². The van der Waals surface area contributed by atoms with Crippen LogP contribution in [0.1, 0.15) is 0 Å². The summed E-state index contributed by atoms with van der Waals surface area (Å²) in [5.41, 5.74) is 0. The number of rotatable bonds is 0. The second kappa shape index (κ2) is 106. The van der Waals surface area contributed by atoms with Crippen molar-refractivity contribution in [1.82, 2.24) is 0 Å². The van der Waals surface area contributed by atoms with E-state index in [0.29, 0.717) is 0 Å². The molecule has 0 aromatic heterocycles. The SMILES string of the molecule is [O-2].[O-2].[O-2].[O-2].[O-2].[Si].[Tb+4].[Tb+4]. The van der Waals surface area contributed by atoms with Gasteiger partial charge in [0.1, 0.15) is 0 Å². The van der Waals surface area contributed by atoms with Gasteiger partial charge in [-0.3, -0.25) is 0 Å². The van der Waals surface area contributed by atoms with Crippen molar-refractivity contribution in [3.8, 4) is 0 Å². The molecule has 0 N–H and O–H groups in total. The molecule has 0 saturated heterocycles. The summed E-state index contributed by atoms with van der Waals surface area (Å²) in [4.78, 5) is 0. The van der Waals surface area contributed by atoms with Gasteiger partial charge in [0.15, 0.2) is 0 Å². The molecule has 0 spiro atoms. The third-order valence-electron chi connectivity index (χ3n) is 0. The first-order valence-corrected chi connectivity index (χ1v) is 0. The van der Waals surface area contributed by atoms with E-state index < -0.39 is 0 Å². The molecule has 0 bridgehead atoms. The van der Waals surface area contributed by atoms with Gasteiger partial charge in [0, 0.05) is 11.0 Å². The molecule has 0 aliphatic rings. The van der Waals surface area contributed by atoms with Gasteiger partial charge in [0.05, 0.1) is 0 Å². The normalized spacial score (nSPS) is 0. The molecule has 0 aromatic rings. The first-order valence-electron chi connectivity index (χ1n) is 0. The average Bonchev–Trinajstić information content (AvgIpc) is 0. The summed E-state index contributed by atoms with van der Waals surface area (Å²) in [6.07, 6.45) is 0. The van der Waals surface area contributed by atoms with Crippen LogP contribution in [0.4, 0.5) is 0 Å². The second-order valence-electron chi connectivity index (χ2n) is 0. The fraction of sp³-hybridized carbons (Fsp3) is 0. The van der Waals surface area contributed by atoms with Crippen LogP contribution in [0.15, 0.2) is 0 Å². The average molecular weight is 426 g/mol. The molecule has 0 rings (SSSR count). The van der Waals surface area contributed by atoms with Crippen LogP contribution in [-0.2, 0) is 27.4 Å². The molecule has 8 heavy (non-hydrogen) atoms. The Morgan fingerprint density at radius 1 is 0.375 bits per heavy atom. The molecule has 0 saturated carbocycles. The van der Waals surface area contributed by atoms with E-state index in [1.165, 1.54) is 0 Å². The second-order valence-corrected chi connectivity index (χ2v) is 0. The van der Waals surface area contributed by atoms with E-state index in [-0.39, 0.29) is 116 Å². The van der Waals surface area contributed by atoms with Crippen LogP contribution in [0.25, 0.3) is 0 Å². The van der Waals surface area contributed by atoms with E-state index in [4.69, 9.17) is 0 Å². The van der Waals surface area contributed by atoms with Crippen LogP contribution in [-0.4, -0.2) is 11.0 Å². The van der Waals surface area contributed by atoms with Gasteiger partial charge in [-0.25, -0.2) is 0 Å². The van der Waals surface area contributed by atoms with Crippen molar-refractivity contribution in [2.24, 2.45) is 0 Å². The summed E-state index contributed by atoms with van der Waals surface area (Å²) in [6.45, 7) is 0. The Kier molecular flexibility index (Phi) is 1920. The van der Waals surface area contributed by atoms with E-state index in [1.807, 2.05) is 0 Å². The van der Waals surface area contributed by atoms with Crippen LogP contribution in [0.2, 0.25) is 0 Å². The summed E-state index contributed by atoms with van der Waals surface area (Å²) in [6, 6.07) is 0. The van der Waals surface area contributed by atoms with E-state index in [1.54, 1.807) is 0 Å². The first-order chi connectivity index (χ1) is 0. The molecule has 5 nitrogen and oxygen atoms in total. The molecule has 6 radical (unpaired) electrons. The minimum atomic E-state index is 0. The fourth-order valence-electron chi connectivity index (χ4n) is 0. The largest absolute Gasteiger partial charge is 4.00 e. The van der Waals surface area contributed by atoms with Crippen molar-refractivity contribution in [2.45, 2.75) is 0 Å². The van der Waals surface area contributed by atoms with Crippen molar-refractivity contribution >= 4 is 11.0 Å². The fourth-order valence-corrected chi connectivity index (χ4v) is 0. The standard InChI is InChI=1S/5O.Si.2Tb/q5*-2;;2*+4. The Morgan fingerprint density at radius 3 is 0.375 bits per heavy atom. The molecule has 0 heterocycles. The van der Waals surface area contributed by atoms with Crippen molar-refractivity contribution in [3.63, 3.8) is 0 Å². The van der Waals surface area contributed by atoms with Crippen LogP contribution in [0.5, 0.6) is 0 Å². The van der Waals surface area contributed by atoms with Crippen molar-refractivity contribution in [3.05, 3.63) is 0 Å². The van der Waals surface area contributed by atoms with Crippen LogP contribution in [0, 0.1) is 77.2 Å². The molecule has 54 valence electrons. The summed E-state index contributed by atoms with van der Waals surface area (Å²) in [5, 5.41) is 0. The van der Waals surface area contributed by atoms with Gasteiger partial charge in [-0.15, -0.1) is 0 Å². The van der Waals surface area contributed by atoms with Gasteiger partial charge in [0.25, 0.3) is 0 Å². The van der Waals surface area contributed by atoms with Gasteiger partial charge in [-0.05, 0) is 0 Å². The summed E-state index contributed by atoms with van der Waals surface area (Å²) < 4.78 is 0. The van der Waals surface area contributed by atoms with Gasteiger partial charge in [-0.2, -0.15) is 0 Å². The Bertz CT molecular complexity index is 10.4. The number of hydrogen-bond donors (Lipinski definition) is 0. The predicted molar refractivity (Wildman–Crippen MR) is 9.19 cm³/mol. The quantitative estimate of drug-likeness (QED) is 0.440. The topological polar surface area (TPSA) is 142 Å². The third kappa shape index (κ3) is 73.8. The molecular weight excluding hydrogens is 426 g/mol. The Balaban J connectivity index is 0. The molecule has 0 aliphatic carbocycles. The molecule has 0 aliphatic heterocycles. The zero-order valence-corrected chi connectivity index (χ0v) is 8.49. The zero-order chi connectivity index (χ0) is 0. The smallest absolute Gasteiger partial charge is 2.00 e. The van der Waals surface area contributed by atoms with E-state index >= 15 is 0 Å². The van der Waals surface area contributed by atoms with Gasteiger partial charge in [0.2, 0.25) is 0 Å². The van der Waals surface area contributed by atoms with E-state index in [0.717, 1.165) is 0 Å². The molecule has 0 atom stereocenters. The van der Waals surface area contributed by atoms with Crippen molar-refractivity contribution in [2.75, 3.05) is 0 Å². The predicted octanol–water partition coefficient (Wildman–Crippen LogP) is -0.975. The summed E-state index contributed by atoms with van der Waals surface area (Å²) in [5.74, 6) is 0. The number of hydrogen-bond acceptors (Lipinski definition) is 0. The summed E-state index contributed by atoms with van der Waals surface area (Å²) in [7, 11) is 0. The minimum Gasteiger partial charge on any atom is -2.00 e. The molecule has 0 unspecified atom stereocenters. The van der Waals surface area contributed by atoms with Crippen molar-refractivity contribution in [1.29, 1.82) is 0 Å². The van der Waals surface area contributed by atoms with Crippen molar-refractivity contribution < 1.29 is 105 Å². The molecule has 0 fully saturated rings. The van der Waals surface area contributed by atoms with E-state index in [9.17, 15) is 0 Å². The van der Waals surface area contributed by atoms with Gasteiger partial charge >= 0.3 is 77.2 Å². The molecule has 0 aromatic carbocycles. The third-order valence-corrected chi connectivity index (χ3v) is 0. The molecular formula is O5SiTb2-2. The first kappa shape index (κ1) is 145. The zero-order valence-electron chi connectivity index (χ0n) is 3.21. The maximum atomic E-state index is 0. The minimum absolute atomic E-state index is 0. The monoisotopic (exact) mass is 426 g/mol.